The fraction of sp³-hybridized carbons (Fsp3) is 0.556. The van der Waals surface area contributed by atoms with Crippen LogP contribution in [0.4, 0.5) is 5.69 Å². The number of benzene rings is 1. The Morgan fingerprint density at radius 2 is 1.65 bits per heavy atom. The van der Waals surface area contributed by atoms with Crippen LogP contribution in [-0.2, 0) is 14.3 Å². The van der Waals surface area contributed by atoms with E-state index in [4.69, 9.17) is 27.9 Å². The van der Waals surface area contributed by atoms with Crippen LogP contribution in [0.15, 0.2) is 18.2 Å². The molecule has 1 amide bonds. The van der Waals surface area contributed by atoms with E-state index >= 15 is 0 Å². The highest BCUT2D eigenvalue weighted by atomic mass is 35.5. The molecule has 3 heterocycles. The third-order valence-corrected chi connectivity index (χ3v) is 6.44. The van der Waals surface area contributed by atoms with Gasteiger partial charge in [0, 0.05) is 31.9 Å². The van der Waals surface area contributed by atoms with Crippen LogP contribution < -0.4 is 4.90 Å². The van der Waals surface area contributed by atoms with E-state index in [2.05, 4.69) is 4.90 Å². The lowest BCUT2D eigenvalue weighted by molar-refractivity contribution is -0.151. The van der Waals surface area contributed by atoms with Crippen LogP contribution in [-0.4, -0.2) is 60.3 Å². The van der Waals surface area contributed by atoms with Crippen LogP contribution in [0.5, 0.6) is 0 Å². The van der Waals surface area contributed by atoms with Gasteiger partial charge in [0.25, 0.3) is 0 Å². The van der Waals surface area contributed by atoms with E-state index in [-0.39, 0.29) is 18.1 Å². The summed E-state index contributed by atoms with van der Waals surface area (Å²) >= 11 is 12.1. The van der Waals surface area contributed by atoms with Gasteiger partial charge in [-0.25, -0.2) is 0 Å². The van der Waals surface area contributed by atoms with Crippen molar-refractivity contribution in [3.05, 3.63) is 28.2 Å². The van der Waals surface area contributed by atoms with Crippen LogP contribution in [0.3, 0.4) is 0 Å². The summed E-state index contributed by atoms with van der Waals surface area (Å²) in [5.74, 6) is -2.28. The number of hydrogen-bond acceptors (Lipinski definition) is 4. The lowest BCUT2D eigenvalue weighted by atomic mass is 9.78. The first kappa shape index (κ1) is 17.9. The van der Waals surface area contributed by atoms with Crippen LogP contribution in [0.25, 0.3) is 0 Å². The molecule has 4 atom stereocenters. The lowest BCUT2D eigenvalue weighted by Gasteiger charge is -2.38. The Morgan fingerprint density at radius 1 is 1.00 bits per heavy atom. The Kier molecular flexibility index (Phi) is 4.75. The maximum Gasteiger partial charge on any atom is 0.310 e. The normalized spacial score (nSPS) is 30.7. The molecule has 0 radical (unpaired) electrons. The number of aliphatic carboxylic acids is 1. The molecule has 3 aliphatic rings. The monoisotopic (exact) mass is 398 g/mol. The number of carbonyl (C=O) groups excluding carboxylic acids is 1. The summed E-state index contributed by atoms with van der Waals surface area (Å²) < 4.78 is 5.72. The number of halogens is 2. The molecule has 1 N–H and O–H groups in total. The van der Waals surface area contributed by atoms with Crippen LogP contribution >= 0.6 is 23.2 Å². The number of nitrogens with zero attached hydrogens (tertiary/aromatic N) is 2. The average Bonchev–Trinajstić information content (AvgIpc) is 3.25. The SMILES string of the molecule is O=C(O)[C@@H]1[C@@H](C(=O)N2CCN(c3ccc(Cl)c(Cl)c3)CC2)[C@@H]2CC[C@H]1O2. The molecule has 8 heteroatoms. The van der Waals surface area contributed by atoms with Crippen molar-refractivity contribution in [1.82, 2.24) is 4.90 Å². The third-order valence-electron chi connectivity index (χ3n) is 5.70. The summed E-state index contributed by atoms with van der Waals surface area (Å²) in [5.41, 5.74) is 0.971. The quantitative estimate of drug-likeness (QED) is 0.846. The smallest absolute Gasteiger partial charge is 0.310 e. The van der Waals surface area contributed by atoms with Gasteiger partial charge in [0.15, 0.2) is 0 Å². The number of ether oxygens (including phenoxy) is 1. The summed E-state index contributed by atoms with van der Waals surface area (Å²) in [6.07, 6.45) is 0.940. The Bertz CT molecular complexity index is 736. The van der Waals surface area contributed by atoms with Gasteiger partial charge in [-0.2, -0.15) is 0 Å². The van der Waals surface area contributed by atoms with Gasteiger partial charge in [0.1, 0.15) is 0 Å². The molecule has 0 spiro atoms. The van der Waals surface area contributed by atoms with E-state index in [0.29, 0.717) is 36.2 Å². The van der Waals surface area contributed by atoms with Crippen molar-refractivity contribution in [2.24, 2.45) is 11.8 Å². The highest BCUT2D eigenvalue weighted by molar-refractivity contribution is 6.42. The molecule has 6 nitrogen and oxygen atoms in total. The van der Waals surface area contributed by atoms with Crippen molar-refractivity contribution < 1.29 is 19.4 Å². The number of amides is 1. The molecule has 140 valence electrons. The van der Waals surface area contributed by atoms with Crippen molar-refractivity contribution in [3.63, 3.8) is 0 Å². The number of anilines is 1. The van der Waals surface area contributed by atoms with Crippen molar-refractivity contribution in [3.8, 4) is 0 Å². The van der Waals surface area contributed by atoms with Crippen LogP contribution in [0.1, 0.15) is 12.8 Å². The second-order valence-electron chi connectivity index (χ2n) is 7.09. The Balaban J connectivity index is 1.42. The van der Waals surface area contributed by atoms with E-state index in [1.165, 1.54) is 0 Å². The highest BCUT2D eigenvalue weighted by Gasteiger charge is 2.56. The minimum Gasteiger partial charge on any atom is -0.481 e. The van der Waals surface area contributed by atoms with E-state index in [1.807, 2.05) is 12.1 Å². The second-order valence-corrected chi connectivity index (χ2v) is 7.91. The summed E-state index contributed by atoms with van der Waals surface area (Å²) in [7, 11) is 0. The minimum absolute atomic E-state index is 0.0848. The molecule has 1 aromatic carbocycles. The van der Waals surface area contributed by atoms with E-state index in [9.17, 15) is 14.7 Å². The average molecular weight is 399 g/mol. The van der Waals surface area contributed by atoms with Gasteiger partial charge in [-0.05, 0) is 31.0 Å². The predicted molar refractivity (Wildman–Crippen MR) is 97.8 cm³/mol. The Hall–Kier alpha value is -1.50. The minimum atomic E-state index is -0.926. The van der Waals surface area contributed by atoms with Crippen molar-refractivity contribution in [2.45, 2.75) is 25.0 Å². The van der Waals surface area contributed by atoms with Crippen LogP contribution in [0, 0.1) is 11.8 Å². The zero-order chi connectivity index (χ0) is 18.4. The summed E-state index contributed by atoms with van der Waals surface area (Å²) in [6, 6.07) is 5.50. The van der Waals surface area contributed by atoms with Crippen molar-refractivity contribution >= 4 is 40.8 Å². The summed E-state index contributed by atoms with van der Waals surface area (Å²) in [5, 5.41) is 10.5. The first-order valence-electron chi connectivity index (χ1n) is 8.83. The summed E-state index contributed by atoms with van der Waals surface area (Å²) in [6.45, 7) is 2.45. The molecule has 26 heavy (non-hydrogen) atoms. The number of hydrogen-bond donors (Lipinski definition) is 1. The number of carbonyl (C=O) groups is 2. The molecule has 3 fully saturated rings. The first-order chi connectivity index (χ1) is 12.5. The molecular weight excluding hydrogens is 379 g/mol. The molecular formula is C18H20Cl2N2O4. The number of rotatable bonds is 3. The number of carboxylic acids is 1. The van der Waals surface area contributed by atoms with Crippen molar-refractivity contribution in [1.29, 1.82) is 0 Å². The third kappa shape index (κ3) is 3.04. The Morgan fingerprint density at radius 3 is 2.27 bits per heavy atom. The van der Waals surface area contributed by atoms with Gasteiger partial charge >= 0.3 is 5.97 Å². The first-order valence-corrected chi connectivity index (χ1v) is 9.58. The maximum atomic E-state index is 13.0. The molecule has 0 aliphatic carbocycles. The molecule has 3 aliphatic heterocycles. The fourth-order valence-corrected chi connectivity index (χ4v) is 4.68. The van der Waals surface area contributed by atoms with Gasteiger partial charge in [-0.3, -0.25) is 9.59 Å². The van der Waals surface area contributed by atoms with Crippen molar-refractivity contribution in [2.75, 3.05) is 31.1 Å². The molecule has 1 aromatic rings. The molecule has 0 unspecified atom stereocenters. The van der Waals surface area contributed by atoms with Gasteiger partial charge in [-0.15, -0.1) is 0 Å². The maximum absolute atomic E-state index is 13.0. The van der Waals surface area contributed by atoms with E-state index in [0.717, 1.165) is 18.5 Å². The predicted octanol–water partition coefficient (Wildman–Crippen LogP) is 2.52. The zero-order valence-corrected chi connectivity index (χ0v) is 15.6. The van der Waals surface area contributed by atoms with Crippen LogP contribution in [0.2, 0.25) is 10.0 Å². The number of piperazine rings is 1. The molecule has 0 saturated carbocycles. The molecule has 3 saturated heterocycles. The summed E-state index contributed by atoms with van der Waals surface area (Å²) in [4.78, 5) is 28.5. The van der Waals surface area contributed by atoms with Gasteiger partial charge < -0.3 is 19.6 Å². The zero-order valence-electron chi connectivity index (χ0n) is 14.1. The van der Waals surface area contributed by atoms with E-state index < -0.39 is 17.8 Å². The topological polar surface area (TPSA) is 70.1 Å². The molecule has 0 aromatic heterocycles. The molecule has 4 rings (SSSR count). The highest BCUT2D eigenvalue weighted by Crippen LogP contribution is 2.44. The standard InChI is InChI=1S/C18H20Cl2N2O4/c19-11-2-1-10(9-12(11)20)21-5-7-22(8-6-21)17(23)15-13-3-4-14(26-13)16(15)18(24)25/h1-2,9,13-16H,3-8H2,(H,24,25)/t13-,14+,15-,16-/m0/s1. The van der Waals surface area contributed by atoms with Gasteiger partial charge in [0.2, 0.25) is 5.91 Å². The van der Waals surface area contributed by atoms with Gasteiger partial charge in [0.05, 0.1) is 34.1 Å². The number of fused-ring (bicyclic) bond motifs is 2. The fourth-order valence-electron chi connectivity index (χ4n) is 4.38. The number of carboxylic acid groups (broad SMARTS) is 1. The largest absolute Gasteiger partial charge is 0.481 e. The Labute approximate surface area is 161 Å². The van der Waals surface area contributed by atoms with E-state index in [1.54, 1.807) is 11.0 Å². The van der Waals surface area contributed by atoms with Gasteiger partial charge in [-0.1, -0.05) is 23.2 Å². The lowest BCUT2D eigenvalue weighted by Crippen LogP contribution is -2.53. The molecule has 2 bridgehead atoms. The second kappa shape index (κ2) is 6.91.